The number of benzene rings is 2. The molecule has 0 aliphatic carbocycles. The summed E-state index contributed by atoms with van der Waals surface area (Å²) in [4.78, 5) is 25.5. The van der Waals surface area contributed by atoms with Gasteiger partial charge in [-0.1, -0.05) is 35.9 Å². The normalized spacial score (nSPS) is 15.7. The molecule has 0 radical (unpaired) electrons. The second-order valence-electron chi connectivity index (χ2n) is 6.59. The Morgan fingerprint density at radius 3 is 2.79 bits per heavy atom. The van der Waals surface area contributed by atoms with Crippen LogP contribution < -0.4 is 10.6 Å². The maximum Gasteiger partial charge on any atom is 0.266 e. The highest BCUT2D eigenvalue weighted by Crippen LogP contribution is 2.45. The Labute approximate surface area is 170 Å². The Morgan fingerprint density at radius 1 is 1.25 bits per heavy atom. The van der Waals surface area contributed by atoms with Crippen LogP contribution in [-0.4, -0.2) is 11.8 Å². The van der Waals surface area contributed by atoms with Gasteiger partial charge in [-0.05, 0) is 47.9 Å². The van der Waals surface area contributed by atoms with Crippen molar-refractivity contribution in [2.45, 2.75) is 19.3 Å². The minimum absolute atomic E-state index is 0.111. The molecule has 0 saturated carbocycles. The van der Waals surface area contributed by atoms with Crippen LogP contribution in [0.1, 0.15) is 38.7 Å². The lowest BCUT2D eigenvalue weighted by Gasteiger charge is -2.24. The predicted molar refractivity (Wildman–Crippen MR) is 110 cm³/mol. The zero-order chi connectivity index (χ0) is 19.8. The fourth-order valence-corrected chi connectivity index (χ4v) is 4.85. The quantitative estimate of drug-likeness (QED) is 0.588. The van der Waals surface area contributed by atoms with Gasteiger partial charge in [0.2, 0.25) is 5.91 Å². The SMILES string of the molecule is Cc1c(C(=O)Nc2ccccc2F)sc2c1[C@H](c1cccc(Cl)c1)CC(=O)N2. The first kappa shape index (κ1) is 18.7. The molecule has 0 unspecified atom stereocenters. The number of hydrogen-bond donors (Lipinski definition) is 2. The molecular formula is C21H16ClFN2O2S. The van der Waals surface area contributed by atoms with Crippen molar-refractivity contribution >= 4 is 45.4 Å². The molecule has 1 aromatic heterocycles. The number of hydrogen-bond acceptors (Lipinski definition) is 3. The first-order chi connectivity index (χ1) is 13.4. The molecule has 0 fully saturated rings. The summed E-state index contributed by atoms with van der Waals surface area (Å²) < 4.78 is 13.9. The summed E-state index contributed by atoms with van der Waals surface area (Å²) in [5.41, 5.74) is 2.73. The van der Waals surface area contributed by atoms with Crippen LogP contribution in [0.2, 0.25) is 5.02 Å². The highest BCUT2D eigenvalue weighted by molar-refractivity contribution is 7.18. The lowest BCUT2D eigenvalue weighted by molar-refractivity contribution is -0.116. The van der Waals surface area contributed by atoms with Gasteiger partial charge in [-0.3, -0.25) is 9.59 Å². The zero-order valence-corrected chi connectivity index (χ0v) is 16.5. The molecule has 0 bridgehead atoms. The maximum atomic E-state index is 13.9. The lowest BCUT2D eigenvalue weighted by Crippen LogP contribution is -2.22. The fraction of sp³-hybridized carbons (Fsp3) is 0.143. The molecule has 142 valence electrons. The third-order valence-electron chi connectivity index (χ3n) is 4.76. The van der Waals surface area contributed by atoms with E-state index in [1.165, 1.54) is 23.5 Å². The second-order valence-corrected chi connectivity index (χ2v) is 8.05. The molecule has 1 atom stereocenters. The molecular weight excluding hydrogens is 399 g/mol. The molecule has 1 aliphatic rings. The van der Waals surface area contributed by atoms with Gasteiger partial charge in [0.25, 0.3) is 5.91 Å². The minimum atomic E-state index is -0.500. The third-order valence-corrected chi connectivity index (χ3v) is 6.22. The van der Waals surface area contributed by atoms with Gasteiger partial charge in [-0.2, -0.15) is 0 Å². The van der Waals surface area contributed by atoms with Crippen molar-refractivity contribution in [1.29, 1.82) is 0 Å². The van der Waals surface area contributed by atoms with Crippen LogP contribution >= 0.6 is 22.9 Å². The summed E-state index contributed by atoms with van der Waals surface area (Å²) in [6.45, 7) is 1.85. The van der Waals surface area contributed by atoms with Gasteiger partial charge in [0, 0.05) is 17.4 Å². The second kappa shape index (κ2) is 7.37. The van der Waals surface area contributed by atoms with E-state index in [9.17, 15) is 14.0 Å². The van der Waals surface area contributed by atoms with Crippen molar-refractivity contribution in [2.75, 3.05) is 10.6 Å². The molecule has 2 heterocycles. The number of halogens is 2. The molecule has 4 rings (SSSR count). The number of fused-ring (bicyclic) bond motifs is 1. The van der Waals surface area contributed by atoms with Crippen molar-refractivity contribution < 1.29 is 14.0 Å². The van der Waals surface area contributed by atoms with Crippen LogP contribution in [0, 0.1) is 12.7 Å². The fourth-order valence-electron chi connectivity index (χ4n) is 3.47. The van der Waals surface area contributed by atoms with Crippen LogP contribution in [0.15, 0.2) is 48.5 Å². The lowest BCUT2D eigenvalue weighted by atomic mass is 9.85. The van der Waals surface area contributed by atoms with Gasteiger partial charge >= 0.3 is 0 Å². The molecule has 3 aromatic rings. The van der Waals surface area contributed by atoms with E-state index in [2.05, 4.69) is 10.6 Å². The Balaban J connectivity index is 1.73. The van der Waals surface area contributed by atoms with Gasteiger partial charge < -0.3 is 10.6 Å². The van der Waals surface area contributed by atoms with E-state index in [0.717, 1.165) is 16.7 Å². The summed E-state index contributed by atoms with van der Waals surface area (Å²) >= 11 is 7.33. The first-order valence-electron chi connectivity index (χ1n) is 8.68. The summed E-state index contributed by atoms with van der Waals surface area (Å²) in [6.07, 6.45) is 0.277. The number of anilines is 2. The van der Waals surface area contributed by atoms with Crippen molar-refractivity contribution in [2.24, 2.45) is 0 Å². The molecule has 0 spiro atoms. The van der Waals surface area contributed by atoms with E-state index in [-0.39, 0.29) is 23.9 Å². The molecule has 28 heavy (non-hydrogen) atoms. The van der Waals surface area contributed by atoms with E-state index in [1.54, 1.807) is 18.2 Å². The van der Waals surface area contributed by atoms with Crippen LogP contribution in [0.5, 0.6) is 0 Å². The van der Waals surface area contributed by atoms with Crippen LogP contribution in [0.3, 0.4) is 0 Å². The number of para-hydroxylation sites is 1. The van der Waals surface area contributed by atoms with Crippen LogP contribution in [0.25, 0.3) is 0 Å². The average molecular weight is 415 g/mol. The van der Waals surface area contributed by atoms with E-state index in [0.29, 0.717) is 14.9 Å². The van der Waals surface area contributed by atoms with Crippen molar-refractivity contribution in [3.63, 3.8) is 0 Å². The van der Waals surface area contributed by atoms with Crippen LogP contribution in [-0.2, 0) is 4.79 Å². The first-order valence-corrected chi connectivity index (χ1v) is 9.88. The van der Waals surface area contributed by atoms with E-state index < -0.39 is 11.7 Å². The maximum absolute atomic E-state index is 13.9. The van der Waals surface area contributed by atoms with Gasteiger partial charge in [-0.25, -0.2) is 4.39 Å². The molecule has 2 amide bonds. The molecule has 4 nitrogen and oxygen atoms in total. The molecule has 2 aromatic carbocycles. The Kier molecular flexibility index (Phi) is 4.91. The summed E-state index contributed by atoms with van der Waals surface area (Å²) in [6, 6.07) is 13.4. The van der Waals surface area contributed by atoms with Crippen molar-refractivity contribution in [3.05, 3.63) is 80.9 Å². The van der Waals surface area contributed by atoms with Crippen LogP contribution in [0.4, 0.5) is 15.1 Å². The Hall–Kier alpha value is -2.70. The van der Waals surface area contributed by atoms with Crippen molar-refractivity contribution in [1.82, 2.24) is 0 Å². The van der Waals surface area contributed by atoms with Gasteiger partial charge in [0.1, 0.15) is 5.82 Å². The van der Waals surface area contributed by atoms with E-state index in [4.69, 9.17) is 11.6 Å². The van der Waals surface area contributed by atoms with Crippen molar-refractivity contribution in [3.8, 4) is 0 Å². The monoisotopic (exact) mass is 414 g/mol. The average Bonchev–Trinajstić information content (AvgIpc) is 2.99. The van der Waals surface area contributed by atoms with Gasteiger partial charge in [0.05, 0.1) is 15.6 Å². The number of rotatable bonds is 3. The van der Waals surface area contributed by atoms with E-state index in [1.807, 2.05) is 25.1 Å². The third kappa shape index (κ3) is 3.41. The zero-order valence-electron chi connectivity index (χ0n) is 14.9. The predicted octanol–water partition coefficient (Wildman–Crippen LogP) is 5.58. The number of amides is 2. The summed E-state index contributed by atoms with van der Waals surface area (Å²) in [5, 5.41) is 6.72. The summed E-state index contributed by atoms with van der Waals surface area (Å²) in [5.74, 6) is -1.20. The standard InChI is InChI=1S/C21H16ClFN2O2S/c1-11-18-14(12-5-4-6-13(22)9-12)10-17(26)25-21(18)28-19(11)20(27)24-16-8-3-2-7-15(16)23/h2-9,14H,10H2,1H3,(H,24,27)(H,25,26)/t14-/m0/s1. The van der Waals surface area contributed by atoms with Gasteiger partial charge in [-0.15, -0.1) is 11.3 Å². The van der Waals surface area contributed by atoms with E-state index >= 15 is 0 Å². The highest BCUT2D eigenvalue weighted by Gasteiger charge is 2.33. The molecule has 2 N–H and O–H groups in total. The number of thiophene rings is 1. The Bertz CT molecular complexity index is 1100. The highest BCUT2D eigenvalue weighted by atomic mass is 35.5. The largest absolute Gasteiger partial charge is 0.319 e. The molecule has 0 saturated heterocycles. The minimum Gasteiger partial charge on any atom is -0.319 e. The smallest absolute Gasteiger partial charge is 0.266 e. The number of nitrogens with one attached hydrogen (secondary N) is 2. The molecule has 7 heteroatoms. The number of carbonyl (C=O) groups excluding carboxylic acids is 2. The number of carbonyl (C=O) groups is 2. The topological polar surface area (TPSA) is 58.2 Å². The Morgan fingerprint density at radius 2 is 2.04 bits per heavy atom. The van der Waals surface area contributed by atoms with Gasteiger partial charge in [0.15, 0.2) is 0 Å². The molecule has 1 aliphatic heterocycles. The summed E-state index contributed by atoms with van der Waals surface area (Å²) in [7, 11) is 0.